The van der Waals surface area contributed by atoms with Crippen molar-refractivity contribution in [3.05, 3.63) is 38.8 Å². The van der Waals surface area contributed by atoms with Crippen molar-refractivity contribution in [2.45, 2.75) is 33.4 Å². The molecule has 7 nitrogen and oxygen atoms in total. The Bertz CT molecular complexity index is 852. The molecule has 0 atom stereocenters. The van der Waals surface area contributed by atoms with Gasteiger partial charge >= 0.3 is 0 Å². The van der Waals surface area contributed by atoms with Crippen LogP contribution in [0.1, 0.15) is 26.7 Å². The monoisotopic (exact) mass is 545 g/mol. The molecule has 166 valence electrons. The Kier molecular flexibility index (Phi) is 9.63. The Labute approximate surface area is 200 Å². The highest BCUT2D eigenvalue weighted by molar-refractivity contribution is 14.0. The topological polar surface area (TPSA) is 71.0 Å². The van der Waals surface area contributed by atoms with Crippen LogP contribution in [0, 0.1) is 13.8 Å². The van der Waals surface area contributed by atoms with Gasteiger partial charge in [0.1, 0.15) is 5.01 Å². The van der Waals surface area contributed by atoms with E-state index >= 15 is 0 Å². The van der Waals surface area contributed by atoms with Crippen molar-refractivity contribution in [1.29, 1.82) is 0 Å². The van der Waals surface area contributed by atoms with E-state index in [1.807, 2.05) is 6.92 Å². The number of aromatic nitrogens is 1. The molecular formula is C21H32IN5O2S. The Morgan fingerprint density at radius 1 is 1.17 bits per heavy atom. The quantitative estimate of drug-likeness (QED) is 0.317. The van der Waals surface area contributed by atoms with Crippen LogP contribution >= 0.6 is 35.3 Å². The van der Waals surface area contributed by atoms with Gasteiger partial charge in [0.15, 0.2) is 17.5 Å². The molecule has 1 aliphatic heterocycles. The third-order valence-corrected chi connectivity index (χ3v) is 6.29. The van der Waals surface area contributed by atoms with Gasteiger partial charge in [-0.3, -0.25) is 9.89 Å². The van der Waals surface area contributed by atoms with E-state index in [4.69, 9.17) is 9.47 Å². The number of hydrogen-bond acceptors (Lipinski definition) is 6. The normalized spacial score (nSPS) is 14.0. The number of benzene rings is 1. The largest absolute Gasteiger partial charge is 0.493 e. The van der Waals surface area contributed by atoms with Gasteiger partial charge in [-0.15, -0.1) is 35.3 Å². The summed E-state index contributed by atoms with van der Waals surface area (Å²) in [6.07, 6.45) is 1.02. The van der Waals surface area contributed by atoms with E-state index in [-0.39, 0.29) is 24.0 Å². The summed E-state index contributed by atoms with van der Waals surface area (Å²) < 4.78 is 10.9. The van der Waals surface area contributed by atoms with Crippen LogP contribution < -0.4 is 20.1 Å². The molecule has 2 N–H and O–H groups in total. The second-order valence-corrected chi connectivity index (χ2v) is 8.39. The SMILES string of the molecule is CN=C(NCCN1CCc2cc(OC)c(OC)cc2C1)NCc1nc(C)c(C)s1.I. The summed E-state index contributed by atoms with van der Waals surface area (Å²) in [4.78, 5) is 12.6. The molecule has 1 aromatic carbocycles. The van der Waals surface area contributed by atoms with Crippen LogP contribution in [0.2, 0.25) is 0 Å². The molecule has 2 heterocycles. The van der Waals surface area contributed by atoms with Crippen molar-refractivity contribution in [3.8, 4) is 11.5 Å². The molecule has 0 spiro atoms. The lowest BCUT2D eigenvalue weighted by molar-refractivity contribution is 0.256. The fourth-order valence-electron chi connectivity index (χ4n) is 3.46. The molecule has 9 heteroatoms. The van der Waals surface area contributed by atoms with Gasteiger partial charge in [-0.2, -0.15) is 0 Å². The molecule has 1 aliphatic rings. The molecule has 0 saturated heterocycles. The predicted octanol–water partition coefficient (Wildman–Crippen LogP) is 3.12. The van der Waals surface area contributed by atoms with Crippen LogP contribution in [0.25, 0.3) is 0 Å². The van der Waals surface area contributed by atoms with Crippen LogP contribution in [0.4, 0.5) is 0 Å². The number of aryl methyl sites for hydroxylation is 2. The van der Waals surface area contributed by atoms with E-state index in [1.54, 1.807) is 32.6 Å². The summed E-state index contributed by atoms with van der Waals surface area (Å²) in [6, 6.07) is 4.21. The van der Waals surface area contributed by atoms with Crippen molar-refractivity contribution >= 4 is 41.3 Å². The number of methoxy groups -OCH3 is 2. The zero-order valence-electron chi connectivity index (χ0n) is 18.4. The number of fused-ring (bicyclic) bond motifs is 1. The molecule has 0 radical (unpaired) electrons. The van der Waals surface area contributed by atoms with Gasteiger partial charge in [-0.05, 0) is 43.5 Å². The second kappa shape index (κ2) is 11.7. The minimum absolute atomic E-state index is 0. The minimum atomic E-state index is 0. The Morgan fingerprint density at radius 3 is 2.47 bits per heavy atom. The van der Waals surface area contributed by atoms with Gasteiger partial charge in [0, 0.05) is 38.1 Å². The van der Waals surface area contributed by atoms with Crippen molar-refractivity contribution in [2.24, 2.45) is 4.99 Å². The maximum atomic E-state index is 5.45. The maximum Gasteiger partial charge on any atom is 0.191 e. The number of ether oxygens (including phenoxy) is 2. The van der Waals surface area contributed by atoms with Gasteiger partial charge in [0.2, 0.25) is 0 Å². The number of aliphatic imine (C=N–C) groups is 1. The molecule has 2 aromatic rings. The Balaban J connectivity index is 0.00000320. The van der Waals surface area contributed by atoms with Crippen LogP contribution in [0.15, 0.2) is 17.1 Å². The second-order valence-electron chi connectivity index (χ2n) is 7.10. The zero-order chi connectivity index (χ0) is 20.8. The number of halogens is 1. The van der Waals surface area contributed by atoms with Crippen LogP contribution in [-0.2, 0) is 19.5 Å². The zero-order valence-corrected chi connectivity index (χ0v) is 21.5. The van der Waals surface area contributed by atoms with Crippen molar-refractivity contribution in [2.75, 3.05) is 40.9 Å². The molecule has 1 aromatic heterocycles. The molecule has 0 aliphatic carbocycles. The van der Waals surface area contributed by atoms with E-state index < -0.39 is 0 Å². The number of rotatable bonds is 7. The summed E-state index contributed by atoms with van der Waals surface area (Å²) in [5.41, 5.74) is 3.76. The third kappa shape index (κ3) is 6.21. The Morgan fingerprint density at radius 2 is 1.87 bits per heavy atom. The molecule has 0 unspecified atom stereocenters. The van der Waals surface area contributed by atoms with Crippen LogP contribution in [0.3, 0.4) is 0 Å². The highest BCUT2D eigenvalue weighted by Crippen LogP contribution is 2.33. The van der Waals surface area contributed by atoms with E-state index in [2.05, 4.69) is 44.6 Å². The van der Waals surface area contributed by atoms with Gasteiger partial charge in [-0.25, -0.2) is 4.98 Å². The first kappa shape index (κ1) is 24.7. The standard InChI is InChI=1S/C21H31N5O2S.HI/c1-14-15(2)29-20(25-14)12-24-21(22-3)23-7-9-26-8-6-16-10-18(27-4)19(28-5)11-17(16)13-26;/h10-11H,6-9,12-13H2,1-5H3,(H2,22,23,24);1H. The smallest absolute Gasteiger partial charge is 0.191 e. The summed E-state index contributed by atoms with van der Waals surface area (Å²) in [5, 5.41) is 7.83. The number of thiazole rings is 1. The first-order valence-electron chi connectivity index (χ1n) is 9.87. The third-order valence-electron chi connectivity index (χ3n) is 5.22. The molecule has 0 saturated carbocycles. The summed E-state index contributed by atoms with van der Waals surface area (Å²) >= 11 is 1.73. The molecule has 0 bridgehead atoms. The van der Waals surface area contributed by atoms with Crippen LogP contribution in [0.5, 0.6) is 11.5 Å². The molecule has 30 heavy (non-hydrogen) atoms. The Hall–Kier alpha value is -1.59. The summed E-state index contributed by atoms with van der Waals surface area (Å²) in [5.74, 6) is 2.41. The first-order valence-corrected chi connectivity index (χ1v) is 10.7. The number of guanidine groups is 1. The van der Waals surface area contributed by atoms with E-state index in [0.29, 0.717) is 6.54 Å². The molecule has 3 rings (SSSR count). The van der Waals surface area contributed by atoms with Gasteiger partial charge in [0.25, 0.3) is 0 Å². The number of nitrogens with one attached hydrogen (secondary N) is 2. The number of nitrogens with zero attached hydrogens (tertiary/aromatic N) is 3. The van der Waals surface area contributed by atoms with Gasteiger partial charge in [-0.1, -0.05) is 0 Å². The highest BCUT2D eigenvalue weighted by atomic mass is 127. The first-order chi connectivity index (χ1) is 14.0. The van der Waals surface area contributed by atoms with Crippen LogP contribution in [-0.4, -0.2) is 56.7 Å². The molecule has 0 amide bonds. The molecule has 0 fully saturated rings. The van der Waals surface area contributed by atoms with Crippen molar-refractivity contribution in [1.82, 2.24) is 20.5 Å². The van der Waals surface area contributed by atoms with E-state index in [9.17, 15) is 0 Å². The average Bonchev–Trinajstić information content (AvgIpc) is 3.06. The van der Waals surface area contributed by atoms with E-state index in [1.165, 1.54) is 16.0 Å². The lowest BCUT2D eigenvalue weighted by Crippen LogP contribution is -2.42. The number of hydrogen-bond donors (Lipinski definition) is 2. The van der Waals surface area contributed by atoms with Crippen molar-refractivity contribution in [3.63, 3.8) is 0 Å². The fourth-order valence-corrected chi connectivity index (χ4v) is 4.33. The minimum Gasteiger partial charge on any atom is -0.493 e. The van der Waals surface area contributed by atoms with E-state index in [0.717, 1.165) is 60.8 Å². The highest BCUT2D eigenvalue weighted by Gasteiger charge is 2.19. The van der Waals surface area contributed by atoms with Gasteiger partial charge in [0.05, 0.1) is 26.5 Å². The summed E-state index contributed by atoms with van der Waals surface area (Å²) in [6.45, 7) is 8.58. The van der Waals surface area contributed by atoms with Crippen molar-refractivity contribution < 1.29 is 9.47 Å². The van der Waals surface area contributed by atoms with Gasteiger partial charge < -0.3 is 20.1 Å². The lowest BCUT2D eigenvalue weighted by Gasteiger charge is -2.29. The molecular weight excluding hydrogens is 513 g/mol. The maximum absolute atomic E-state index is 5.45. The average molecular weight is 545 g/mol. The fraction of sp³-hybridized carbons (Fsp3) is 0.524. The lowest BCUT2D eigenvalue weighted by atomic mass is 9.99. The summed E-state index contributed by atoms with van der Waals surface area (Å²) in [7, 11) is 5.16. The predicted molar refractivity (Wildman–Crippen MR) is 134 cm³/mol.